The maximum atomic E-state index is 12.5. The number of nitrogens with zero attached hydrogens (tertiary/aromatic N) is 1. The molecule has 4 heteroatoms. The topological polar surface area (TPSA) is 41.6 Å². The number of benzene rings is 3. The average molecular weight is 360 g/mol. The molecule has 0 aromatic heterocycles. The van der Waals surface area contributed by atoms with Crippen molar-refractivity contribution >= 4 is 16.7 Å². The normalized spacial score (nSPS) is 17.7. The first-order chi connectivity index (χ1) is 13.3. The number of hydrogen-bond donors (Lipinski definition) is 1. The van der Waals surface area contributed by atoms with Crippen molar-refractivity contribution in [2.45, 2.75) is 12.6 Å². The Morgan fingerprint density at radius 2 is 1.78 bits per heavy atom. The maximum absolute atomic E-state index is 12.5. The highest BCUT2D eigenvalue weighted by atomic mass is 16.5. The second-order valence-corrected chi connectivity index (χ2v) is 6.99. The van der Waals surface area contributed by atoms with E-state index in [1.54, 1.807) is 0 Å². The van der Waals surface area contributed by atoms with Crippen molar-refractivity contribution in [2.75, 3.05) is 26.2 Å². The zero-order valence-corrected chi connectivity index (χ0v) is 15.3. The van der Waals surface area contributed by atoms with Crippen LogP contribution < -0.4 is 5.32 Å². The lowest BCUT2D eigenvalue weighted by Crippen LogP contribution is -2.47. The van der Waals surface area contributed by atoms with Crippen LogP contribution in [0, 0.1) is 0 Å². The highest BCUT2D eigenvalue weighted by Crippen LogP contribution is 2.16. The third-order valence-electron chi connectivity index (χ3n) is 4.97. The van der Waals surface area contributed by atoms with Crippen LogP contribution in [0.15, 0.2) is 72.8 Å². The Balaban J connectivity index is 1.32. The summed E-state index contributed by atoms with van der Waals surface area (Å²) in [6, 6.07) is 24.3. The number of amides is 1. The van der Waals surface area contributed by atoms with Crippen molar-refractivity contribution in [1.82, 2.24) is 10.2 Å². The van der Waals surface area contributed by atoms with Crippen molar-refractivity contribution in [3.05, 3.63) is 83.9 Å². The summed E-state index contributed by atoms with van der Waals surface area (Å²) < 4.78 is 5.85. The summed E-state index contributed by atoms with van der Waals surface area (Å²) in [4.78, 5) is 14.9. The molecule has 1 saturated heterocycles. The molecule has 138 valence electrons. The molecule has 3 aromatic rings. The SMILES string of the molecule is O=C(NC[C@H]1CN(Cc2ccccc2)CCO1)c1ccc2ccccc2c1. The third-order valence-corrected chi connectivity index (χ3v) is 4.97. The van der Waals surface area contributed by atoms with Gasteiger partial charge < -0.3 is 10.1 Å². The van der Waals surface area contributed by atoms with Gasteiger partial charge in [0.05, 0.1) is 12.7 Å². The van der Waals surface area contributed by atoms with Crippen molar-refractivity contribution in [1.29, 1.82) is 0 Å². The number of carbonyl (C=O) groups is 1. The van der Waals surface area contributed by atoms with E-state index in [4.69, 9.17) is 4.74 Å². The van der Waals surface area contributed by atoms with Crippen LogP contribution in [0.4, 0.5) is 0 Å². The van der Waals surface area contributed by atoms with Crippen LogP contribution in [-0.2, 0) is 11.3 Å². The van der Waals surface area contributed by atoms with Crippen molar-refractivity contribution < 1.29 is 9.53 Å². The Labute approximate surface area is 159 Å². The fourth-order valence-corrected chi connectivity index (χ4v) is 3.53. The first kappa shape index (κ1) is 17.7. The zero-order valence-electron chi connectivity index (χ0n) is 15.3. The second-order valence-electron chi connectivity index (χ2n) is 6.99. The van der Waals surface area contributed by atoms with Gasteiger partial charge in [-0.2, -0.15) is 0 Å². The van der Waals surface area contributed by atoms with E-state index in [1.165, 1.54) is 5.56 Å². The number of rotatable bonds is 5. The highest BCUT2D eigenvalue weighted by molar-refractivity contribution is 5.98. The molecule has 1 amide bonds. The molecule has 1 aliphatic heterocycles. The molecule has 3 aromatic carbocycles. The standard InChI is InChI=1S/C23H24N2O2/c26-23(21-11-10-19-8-4-5-9-20(19)14-21)24-15-22-17-25(12-13-27-22)16-18-6-2-1-3-7-18/h1-11,14,22H,12-13,15-17H2,(H,24,26)/t22-/m0/s1. The summed E-state index contributed by atoms with van der Waals surface area (Å²) in [7, 11) is 0. The molecule has 0 spiro atoms. The van der Waals surface area contributed by atoms with E-state index in [1.807, 2.05) is 48.5 Å². The van der Waals surface area contributed by atoms with Gasteiger partial charge in [-0.05, 0) is 28.5 Å². The largest absolute Gasteiger partial charge is 0.374 e. The van der Waals surface area contributed by atoms with Gasteiger partial charge in [0, 0.05) is 31.7 Å². The molecule has 0 aliphatic carbocycles. The number of nitrogens with one attached hydrogen (secondary N) is 1. The molecule has 0 bridgehead atoms. The number of fused-ring (bicyclic) bond motifs is 1. The molecule has 1 fully saturated rings. The summed E-state index contributed by atoms with van der Waals surface area (Å²) in [6.07, 6.45) is 0.0202. The van der Waals surface area contributed by atoms with Crippen LogP contribution in [0.5, 0.6) is 0 Å². The lowest BCUT2D eigenvalue weighted by molar-refractivity contribution is -0.0292. The summed E-state index contributed by atoms with van der Waals surface area (Å²) in [5, 5.41) is 5.24. The van der Waals surface area contributed by atoms with Gasteiger partial charge in [-0.25, -0.2) is 0 Å². The van der Waals surface area contributed by atoms with E-state index in [0.29, 0.717) is 18.7 Å². The van der Waals surface area contributed by atoms with E-state index in [9.17, 15) is 4.79 Å². The Morgan fingerprint density at radius 1 is 1.00 bits per heavy atom. The summed E-state index contributed by atoms with van der Waals surface area (Å²) in [5.41, 5.74) is 1.99. The Morgan fingerprint density at radius 3 is 2.63 bits per heavy atom. The van der Waals surface area contributed by atoms with Crippen LogP contribution in [0.3, 0.4) is 0 Å². The van der Waals surface area contributed by atoms with E-state index in [0.717, 1.165) is 30.4 Å². The lowest BCUT2D eigenvalue weighted by atomic mass is 10.1. The Hall–Kier alpha value is -2.69. The fourth-order valence-electron chi connectivity index (χ4n) is 3.53. The van der Waals surface area contributed by atoms with Gasteiger partial charge in [0.1, 0.15) is 0 Å². The minimum atomic E-state index is -0.0514. The van der Waals surface area contributed by atoms with Crippen molar-refractivity contribution in [2.24, 2.45) is 0 Å². The first-order valence-corrected chi connectivity index (χ1v) is 9.43. The predicted octanol–water partition coefficient (Wildman–Crippen LogP) is 3.47. The molecule has 0 saturated carbocycles. The first-order valence-electron chi connectivity index (χ1n) is 9.43. The van der Waals surface area contributed by atoms with Crippen LogP contribution in [0.1, 0.15) is 15.9 Å². The van der Waals surface area contributed by atoms with Gasteiger partial charge in [-0.3, -0.25) is 9.69 Å². The van der Waals surface area contributed by atoms with Crippen LogP contribution in [0.2, 0.25) is 0 Å². The molecule has 4 nitrogen and oxygen atoms in total. The van der Waals surface area contributed by atoms with E-state index in [2.05, 4.69) is 34.5 Å². The van der Waals surface area contributed by atoms with E-state index in [-0.39, 0.29) is 12.0 Å². The Kier molecular flexibility index (Phi) is 5.47. The number of carbonyl (C=O) groups excluding carboxylic acids is 1. The fraction of sp³-hybridized carbons (Fsp3) is 0.261. The van der Waals surface area contributed by atoms with Gasteiger partial charge in [0.25, 0.3) is 5.91 Å². The molecule has 1 N–H and O–H groups in total. The van der Waals surface area contributed by atoms with Crippen LogP contribution in [-0.4, -0.2) is 43.2 Å². The number of ether oxygens (including phenoxy) is 1. The molecule has 1 atom stereocenters. The molecular formula is C23H24N2O2. The molecular weight excluding hydrogens is 336 g/mol. The number of hydrogen-bond acceptors (Lipinski definition) is 3. The van der Waals surface area contributed by atoms with E-state index < -0.39 is 0 Å². The predicted molar refractivity (Wildman–Crippen MR) is 108 cm³/mol. The lowest BCUT2D eigenvalue weighted by Gasteiger charge is -2.33. The maximum Gasteiger partial charge on any atom is 0.251 e. The van der Waals surface area contributed by atoms with E-state index >= 15 is 0 Å². The van der Waals surface area contributed by atoms with Crippen LogP contribution >= 0.6 is 0 Å². The molecule has 4 rings (SSSR count). The van der Waals surface area contributed by atoms with Crippen LogP contribution in [0.25, 0.3) is 10.8 Å². The summed E-state index contributed by atoms with van der Waals surface area (Å²) in [6.45, 7) is 3.89. The quantitative estimate of drug-likeness (QED) is 0.757. The second kappa shape index (κ2) is 8.33. The van der Waals surface area contributed by atoms with Gasteiger partial charge >= 0.3 is 0 Å². The average Bonchev–Trinajstić information content (AvgIpc) is 2.73. The van der Waals surface area contributed by atoms with Gasteiger partial charge in [-0.15, -0.1) is 0 Å². The molecule has 1 heterocycles. The molecule has 0 unspecified atom stereocenters. The highest BCUT2D eigenvalue weighted by Gasteiger charge is 2.21. The summed E-state index contributed by atoms with van der Waals surface area (Å²) >= 11 is 0. The molecule has 1 aliphatic rings. The Bertz CT molecular complexity index is 910. The minimum absolute atomic E-state index is 0.0202. The summed E-state index contributed by atoms with van der Waals surface area (Å²) in [5.74, 6) is -0.0514. The van der Waals surface area contributed by atoms with Gasteiger partial charge in [-0.1, -0.05) is 60.7 Å². The third kappa shape index (κ3) is 4.54. The van der Waals surface area contributed by atoms with Crippen molar-refractivity contribution in [3.8, 4) is 0 Å². The number of morpholine rings is 1. The smallest absolute Gasteiger partial charge is 0.251 e. The van der Waals surface area contributed by atoms with Gasteiger partial charge in [0.15, 0.2) is 0 Å². The zero-order chi connectivity index (χ0) is 18.5. The minimum Gasteiger partial charge on any atom is -0.374 e. The molecule has 27 heavy (non-hydrogen) atoms. The van der Waals surface area contributed by atoms with Gasteiger partial charge in [0.2, 0.25) is 0 Å². The monoisotopic (exact) mass is 360 g/mol. The van der Waals surface area contributed by atoms with Crippen molar-refractivity contribution in [3.63, 3.8) is 0 Å². The molecule has 0 radical (unpaired) electrons.